The summed E-state index contributed by atoms with van der Waals surface area (Å²) in [5, 5.41) is 20.4. The molecule has 126 valence electrons. The smallest absolute Gasteiger partial charge is 0.304 e. The molecule has 0 aromatic heterocycles. The Balaban J connectivity index is 2.30. The van der Waals surface area contributed by atoms with Crippen LogP contribution in [0.5, 0.6) is 0 Å². The Morgan fingerprint density at radius 3 is 2.67 bits per heavy atom. The summed E-state index contributed by atoms with van der Waals surface area (Å²) in [6.45, 7) is 0.212. The van der Waals surface area contributed by atoms with Crippen LogP contribution in [0, 0.1) is 10.1 Å². The number of benzene rings is 2. The summed E-state index contributed by atoms with van der Waals surface area (Å²) in [7, 11) is 0. The number of carboxylic acids is 1. The summed E-state index contributed by atoms with van der Waals surface area (Å²) < 4.78 is 0. The lowest BCUT2D eigenvalue weighted by atomic mass is 9.93. The average Bonchev–Trinajstić information content (AvgIpc) is 2.55. The Morgan fingerprint density at radius 2 is 2.04 bits per heavy atom. The largest absolute Gasteiger partial charge is 0.481 e. The van der Waals surface area contributed by atoms with E-state index in [1.165, 1.54) is 12.1 Å². The molecule has 6 nitrogen and oxygen atoms in total. The molecule has 2 aromatic carbocycles. The summed E-state index contributed by atoms with van der Waals surface area (Å²) in [5.74, 6) is -1.22. The van der Waals surface area contributed by atoms with E-state index in [0.29, 0.717) is 11.4 Å². The zero-order chi connectivity index (χ0) is 17.7. The van der Waals surface area contributed by atoms with Gasteiger partial charge >= 0.3 is 5.97 Å². The molecule has 0 saturated carbocycles. The Hall–Kier alpha value is -2.44. The number of nitro benzene ring substituents is 1. The minimum Gasteiger partial charge on any atom is -0.481 e. The van der Waals surface area contributed by atoms with Gasteiger partial charge in [0.05, 0.1) is 11.3 Å². The molecule has 2 rings (SSSR count). The van der Waals surface area contributed by atoms with E-state index in [1.807, 2.05) is 6.07 Å². The van der Waals surface area contributed by atoms with Crippen LogP contribution in [-0.2, 0) is 11.2 Å². The Kier molecular flexibility index (Phi) is 5.89. The first kappa shape index (κ1) is 17.9. The first-order chi connectivity index (χ1) is 11.4. The van der Waals surface area contributed by atoms with Crippen molar-refractivity contribution in [2.24, 2.45) is 5.73 Å². The van der Waals surface area contributed by atoms with Crippen molar-refractivity contribution in [3.8, 4) is 0 Å². The number of halogens is 1. The third-order valence-corrected chi connectivity index (χ3v) is 4.13. The highest BCUT2D eigenvalue weighted by atomic mass is 35.5. The van der Waals surface area contributed by atoms with Gasteiger partial charge in [0.15, 0.2) is 0 Å². The van der Waals surface area contributed by atoms with Gasteiger partial charge in [-0.3, -0.25) is 14.9 Å². The van der Waals surface area contributed by atoms with Gasteiger partial charge in [0.2, 0.25) is 0 Å². The van der Waals surface area contributed by atoms with Gasteiger partial charge in [0, 0.05) is 23.1 Å². The van der Waals surface area contributed by atoms with Gasteiger partial charge in [0.25, 0.3) is 5.69 Å². The lowest BCUT2D eigenvalue weighted by Crippen LogP contribution is -2.16. The Bertz CT molecular complexity index is 764. The van der Waals surface area contributed by atoms with Gasteiger partial charge in [-0.05, 0) is 35.7 Å². The molecule has 0 fully saturated rings. The number of hydrogen-bond donors (Lipinski definition) is 2. The zero-order valence-corrected chi connectivity index (χ0v) is 13.6. The molecule has 0 bridgehead atoms. The van der Waals surface area contributed by atoms with Gasteiger partial charge in [-0.2, -0.15) is 0 Å². The zero-order valence-electron chi connectivity index (χ0n) is 12.8. The number of non-ortho nitro benzene ring substituents is 1. The van der Waals surface area contributed by atoms with Crippen molar-refractivity contribution in [2.75, 3.05) is 6.54 Å². The lowest BCUT2D eigenvalue weighted by molar-refractivity contribution is -0.384. The number of rotatable bonds is 7. The predicted octanol–water partition coefficient (Wildman–Crippen LogP) is 3.36. The highest BCUT2D eigenvalue weighted by molar-refractivity contribution is 6.31. The number of nitro groups is 1. The quantitative estimate of drug-likeness (QED) is 0.589. The minimum absolute atomic E-state index is 0.0190. The molecule has 0 radical (unpaired) electrons. The third-order valence-electron chi connectivity index (χ3n) is 3.76. The molecule has 2 aromatic rings. The maximum atomic E-state index is 10.9. The van der Waals surface area contributed by atoms with E-state index < -0.39 is 10.9 Å². The number of carbonyl (C=O) groups is 1. The molecule has 24 heavy (non-hydrogen) atoms. The van der Waals surface area contributed by atoms with Crippen molar-refractivity contribution in [2.45, 2.75) is 18.8 Å². The molecule has 7 heteroatoms. The maximum absolute atomic E-state index is 10.9. The van der Waals surface area contributed by atoms with Crippen molar-refractivity contribution in [3.05, 3.63) is 74.3 Å². The highest BCUT2D eigenvalue weighted by Crippen LogP contribution is 2.27. The Morgan fingerprint density at radius 1 is 1.29 bits per heavy atom. The fraction of sp³-hybridized carbons (Fsp3) is 0.235. The van der Waals surface area contributed by atoms with E-state index in [-0.39, 0.29) is 24.6 Å². The average molecular weight is 349 g/mol. The van der Waals surface area contributed by atoms with Crippen LogP contribution < -0.4 is 5.73 Å². The van der Waals surface area contributed by atoms with E-state index >= 15 is 0 Å². The summed E-state index contributed by atoms with van der Waals surface area (Å²) in [6.07, 6.45) is 0.354. The summed E-state index contributed by atoms with van der Waals surface area (Å²) in [5.41, 5.74) is 8.02. The summed E-state index contributed by atoms with van der Waals surface area (Å²) >= 11 is 6.22. The van der Waals surface area contributed by atoms with Crippen LogP contribution in [0.2, 0.25) is 5.02 Å². The van der Waals surface area contributed by atoms with Gasteiger partial charge in [-0.25, -0.2) is 0 Å². The van der Waals surface area contributed by atoms with Crippen molar-refractivity contribution in [1.82, 2.24) is 0 Å². The van der Waals surface area contributed by atoms with Crippen LogP contribution in [0.1, 0.15) is 29.0 Å². The molecule has 0 saturated heterocycles. The van der Waals surface area contributed by atoms with Crippen LogP contribution in [-0.4, -0.2) is 22.5 Å². The lowest BCUT2D eigenvalue weighted by Gasteiger charge is -2.15. The molecule has 0 unspecified atom stereocenters. The number of carboxylic acid groups (broad SMARTS) is 1. The molecule has 0 heterocycles. The van der Waals surface area contributed by atoms with Crippen LogP contribution in [0.4, 0.5) is 5.69 Å². The van der Waals surface area contributed by atoms with E-state index in [0.717, 1.165) is 16.7 Å². The first-order valence-electron chi connectivity index (χ1n) is 7.34. The van der Waals surface area contributed by atoms with Crippen molar-refractivity contribution in [1.29, 1.82) is 0 Å². The fourth-order valence-corrected chi connectivity index (χ4v) is 2.72. The van der Waals surface area contributed by atoms with E-state index in [4.69, 9.17) is 22.4 Å². The maximum Gasteiger partial charge on any atom is 0.304 e. The number of aliphatic carboxylic acids is 1. The van der Waals surface area contributed by atoms with E-state index in [1.54, 1.807) is 24.3 Å². The van der Waals surface area contributed by atoms with Gasteiger partial charge in [-0.15, -0.1) is 0 Å². The number of nitrogens with two attached hydrogens (primary N) is 1. The normalized spacial score (nSPS) is 11.9. The van der Waals surface area contributed by atoms with Gasteiger partial charge in [-0.1, -0.05) is 35.9 Å². The van der Waals surface area contributed by atoms with Gasteiger partial charge in [0.1, 0.15) is 0 Å². The standard InChI is InChI=1S/C17H17ClN2O4/c18-16-5-4-12(14(10-19)9-17(21)22)8-13(16)6-11-2-1-3-15(7-11)20(23)24/h1-5,7-8,14H,6,9-10,19H2,(H,21,22)/t14-/m0/s1. The minimum atomic E-state index is -0.916. The second-order valence-corrected chi connectivity index (χ2v) is 5.89. The predicted molar refractivity (Wildman–Crippen MR) is 91.4 cm³/mol. The van der Waals surface area contributed by atoms with Crippen molar-refractivity contribution in [3.63, 3.8) is 0 Å². The second kappa shape index (κ2) is 7.90. The molecule has 0 spiro atoms. The molecule has 3 N–H and O–H groups in total. The molecule has 1 atom stereocenters. The summed E-state index contributed by atoms with van der Waals surface area (Å²) in [6, 6.07) is 11.6. The van der Waals surface area contributed by atoms with Crippen molar-refractivity contribution >= 4 is 23.3 Å². The first-order valence-corrected chi connectivity index (χ1v) is 7.72. The Labute approximate surface area is 144 Å². The van der Waals surface area contributed by atoms with Crippen LogP contribution in [0.25, 0.3) is 0 Å². The topological polar surface area (TPSA) is 106 Å². The van der Waals surface area contributed by atoms with Crippen LogP contribution in [0.15, 0.2) is 42.5 Å². The monoisotopic (exact) mass is 348 g/mol. The molecular weight excluding hydrogens is 332 g/mol. The second-order valence-electron chi connectivity index (χ2n) is 5.49. The van der Waals surface area contributed by atoms with Crippen molar-refractivity contribution < 1.29 is 14.8 Å². The molecule has 0 amide bonds. The third kappa shape index (κ3) is 4.53. The molecule has 0 aliphatic carbocycles. The molecule has 0 aliphatic heterocycles. The van der Waals surface area contributed by atoms with E-state index in [9.17, 15) is 14.9 Å². The van der Waals surface area contributed by atoms with E-state index in [2.05, 4.69) is 0 Å². The summed E-state index contributed by atoms with van der Waals surface area (Å²) in [4.78, 5) is 21.4. The fourth-order valence-electron chi connectivity index (χ4n) is 2.53. The number of nitrogens with zero attached hydrogens (tertiary/aromatic N) is 1. The van der Waals surface area contributed by atoms with Crippen LogP contribution >= 0.6 is 11.6 Å². The van der Waals surface area contributed by atoms with Crippen LogP contribution in [0.3, 0.4) is 0 Å². The molecular formula is C17H17ClN2O4. The highest BCUT2D eigenvalue weighted by Gasteiger charge is 2.16. The number of hydrogen-bond acceptors (Lipinski definition) is 4. The SMILES string of the molecule is NC[C@H](CC(=O)O)c1ccc(Cl)c(Cc2cccc([N+](=O)[O-])c2)c1. The van der Waals surface area contributed by atoms with Gasteiger partial charge < -0.3 is 10.8 Å². The molecule has 0 aliphatic rings.